The molecule has 0 spiro atoms. The highest BCUT2D eigenvalue weighted by molar-refractivity contribution is 5.80. The van der Waals surface area contributed by atoms with Gasteiger partial charge < -0.3 is 4.74 Å². The van der Waals surface area contributed by atoms with Crippen LogP contribution < -0.4 is 4.74 Å². The molecule has 0 saturated heterocycles. The average Bonchev–Trinajstić information content (AvgIpc) is 2.47. The Balaban J connectivity index is 2.10. The van der Waals surface area contributed by atoms with E-state index in [0.717, 1.165) is 10.9 Å². The predicted octanol–water partition coefficient (Wildman–Crippen LogP) is 3.90. The van der Waals surface area contributed by atoms with E-state index in [1.807, 2.05) is 54.6 Å². The molecule has 3 nitrogen and oxygen atoms in total. The van der Waals surface area contributed by atoms with Crippen molar-refractivity contribution in [1.82, 2.24) is 4.98 Å². The van der Waals surface area contributed by atoms with E-state index in [9.17, 15) is 5.26 Å². The standard InChI is InChI=1S/C16H10N2O/c17-11-13-10-12-6-4-5-9-15(12)18-16(13)19-14-7-2-1-3-8-14/h1-10H. The molecule has 90 valence electrons. The number of nitriles is 1. The summed E-state index contributed by atoms with van der Waals surface area (Å²) in [7, 11) is 0. The second kappa shape index (κ2) is 4.79. The molecule has 3 heteroatoms. The molecule has 0 saturated carbocycles. The lowest BCUT2D eigenvalue weighted by Gasteiger charge is -2.07. The Bertz CT molecular complexity index is 761. The van der Waals surface area contributed by atoms with Gasteiger partial charge in [0, 0.05) is 5.39 Å². The SMILES string of the molecule is N#Cc1cc2ccccc2nc1Oc1ccccc1. The zero-order valence-electron chi connectivity index (χ0n) is 10.1. The molecule has 0 bridgehead atoms. The van der Waals surface area contributed by atoms with Crippen LogP contribution in [0.25, 0.3) is 10.9 Å². The van der Waals surface area contributed by atoms with Crippen LogP contribution >= 0.6 is 0 Å². The van der Waals surface area contributed by atoms with E-state index in [1.54, 1.807) is 6.07 Å². The van der Waals surface area contributed by atoms with Crippen LogP contribution in [0, 0.1) is 11.3 Å². The summed E-state index contributed by atoms with van der Waals surface area (Å²) in [6.07, 6.45) is 0. The number of benzene rings is 2. The summed E-state index contributed by atoms with van der Waals surface area (Å²) in [5, 5.41) is 10.1. The molecule has 19 heavy (non-hydrogen) atoms. The van der Waals surface area contributed by atoms with Crippen molar-refractivity contribution in [2.45, 2.75) is 0 Å². The third-order valence-corrected chi connectivity index (χ3v) is 2.77. The van der Waals surface area contributed by atoms with Crippen molar-refractivity contribution in [2.75, 3.05) is 0 Å². The van der Waals surface area contributed by atoms with Crippen LogP contribution in [0.2, 0.25) is 0 Å². The van der Waals surface area contributed by atoms with Gasteiger partial charge in [0.05, 0.1) is 5.52 Å². The van der Waals surface area contributed by atoms with Crippen LogP contribution in [0.1, 0.15) is 5.56 Å². The maximum atomic E-state index is 9.19. The van der Waals surface area contributed by atoms with Crippen molar-refractivity contribution in [3.8, 4) is 17.7 Å². The van der Waals surface area contributed by atoms with E-state index in [1.165, 1.54) is 0 Å². The van der Waals surface area contributed by atoms with E-state index >= 15 is 0 Å². The zero-order valence-corrected chi connectivity index (χ0v) is 10.1. The number of rotatable bonds is 2. The van der Waals surface area contributed by atoms with Crippen molar-refractivity contribution >= 4 is 10.9 Å². The Morgan fingerprint density at radius 2 is 1.68 bits per heavy atom. The maximum absolute atomic E-state index is 9.19. The minimum absolute atomic E-state index is 0.340. The number of fused-ring (bicyclic) bond motifs is 1. The number of aromatic nitrogens is 1. The fraction of sp³-hybridized carbons (Fsp3) is 0. The molecule has 0 aliphatic carbocycles. The van der Waals surface area contributed by atoms with Gasteiger partial charge in [-0.2, -0.15) is 5.26 Å². The van der Waals surface area contributed by atoms with Gasteiger partial charge in [-0.3, -0.25) is 0 Å². The summed E-state index contributed by atoms with van der Waals surface area (Å²) in [6.45, 7) is 0. The number of nitrogens with zero attached hydrogens (tertiary/aromatic N) is 2. The second-order valence-electron chi connectivity index (χ2n) is 4.06. The quantitative estimate of drug-likeness (QED) is 0.688. The molecular weight excluding hydrogens is 236 g/mol. The van der Waals surface area contributed by atoms with Crippen LogP contribution in [-0.4, -0.2) is 4.98 Å². The highest BCUT2D eigenvalue weighted by atomic mass is 16.5. The fourth-order valence-corrected chi connectivity index (χ4v) is 1.86. The first kappa shape index (κ1) is 11.2. The molecule has 0 atom stereocenters. The molecule has 0 N–H and O–H groups in total. The predicted molar refractivity (Wildman–Crippen MR) is 73.0 cm³/mol. The molecule has 0 radical (unpaired) electrons. The number of hydrogen-bond donors (Lipinski definition) is 0. The van der Waals surface area contributed by atoms with Crippen LogP contribution in [0.3, 0.4) is 0 Å². The van der Waals surface area contributed by atoms with E-state index in [2.05, 4.69) is 11.1 Å². The van der Waals surface area contributed by atoms with E-state index < -0.39 is 0 Å². The molecule has 0 unspecified atom stereocenters. The third-order valence-electron chi connectivity index (χ3n) is 2.77. The normalized spacial score (nSPS) is 10.1. The molecule has 0 aliphatic rings. The van der Waals surface area contributed by atoms with Gasteiger partial charge in [0.25, 0.3) is 0 Å². The number of para-hydroxylation sites is 2. The van der Waals surface area contributed by atoms with Gasteiger partial charge in [-0.05, 0) is 24.3 Å². The fourth-order valence-electron chi connectivity index (χ4n) is 1.86. The summed E-state index contributed by atoms with van der Waals surface area (Å²) >= 11 is 0. The van der Waals surface area contributed by atoms with Gasteiger partial charge in [-0.25, -0.2) is 4.98 Å². The van der Waals surface area contributed by atoms with Gasteiger partial charge in [0.15, 0.2) is 0 Å². The largest absolute Gasteiger partial charge is 0.438 e. The lowest BCUT2D eigenvalue weighted by Crippen LogP contribution is -1.92. The van der Waals surface area contributed by atoms with E-state index in [0.29, 0.717) is 17.2 Å². The molecular formula is C16H10N2O. The van der Waals surface area contributed by atoms with Crippen molar-refractivity contribution < 1.29 is 4.74 Å². The molecule has 0 amide bonds. The molecule has 3 aromatic rings. The Hall–Kier alpha value is -2.86. The third kappa shape index (κ3) is 2.24. The highest BCUT2D eigenvalue weighted by Crippen LogP contribution is 2.26. The number of ether oxygens (including phenoxy) is 1. The minimum Gasteiger partial charge on any atom is -0.438 e. The van der Waals surface area contributed by atoms with Crippen molar-refractivity contribution in [1.29, 1.82) is 5.26 Å². The molecule has 0 fully saturated rings. The Morgan fingerprint density at radius 3 is 2.47 bits per heavy atom. The van der Waals surface area contributed by atoms with E-state index in [-0.39, 0.29) is 0 Å². The van der Waals surface area contributed by atoms with Gasteiger partial charge in [-0.1, -0.05) is 36.4 Å². The second-order valence-corrected chi connectivity index (χ2v) is 4.06. The molecule has 1 heterocycles. The Morgan fingerprint density at radius 1 is 0.947 bits per heavy atom. The molecule has 3 rings (SSSR count). The lowest BCUT2D eigenvalue weighted by molar-refractivity contribution is 0.463. The molecule has 2 aromatic carbocycles. The lowest BCUT2D eigenvalue weighted by atomic mass is 10.1. The van der Waals surface area contributed by atoms with E-state index in [4.69, 9.17) is 4.74 Å². The van der Waals surface area contributed by atoms with Crippen LogP contribution in [0.15, 0.2) is 60.7 Å². The maximum Gasteiger partial charge on any atom is 0.237 e. The summed E-state index contributed by atoms with van der Waals surface area (Å²) in [6, 6.07) is 20.9. The highest BCUT2D eigenvalue weighted by Gasteiger charge is 2.08. The van der Waals surface area contributed by atoms with Gasteiger partial charge in [0.1, 0.15) is 17.4 Å². The van der Waals surface area contributed by atoms with Gasteiger partial charge in [-0.15, -0.1) is 0 Å². The average molecular weight is 246 g/mol. The van der Waals surface area contributed by atoms with Crippen molar-refractivity contribution in [3.05, 3.63) is 66.2 Å². The molecule has 0 aliphatic heterocycles. The van der Waals surface area contributed by atoms with Crippen LogP contribution in [0.5, 0.6) is 11.6 Å². The summed E-state index contributed by atoms with van der Waals surface area (Å²) < 4.78 is 5.67. The van der Waals surface area contributed by atoms with Gasteiger partial charge in [0.2, 0.25) is 5.88 Å². The first-order chi connectivity index (χ1) is 9.36. The van der Waals surface area contributed by atoms with Crippen molar-refractivity contribution in [2.24, 2.45) is 0 Å². The Kier molecular flexibility index (Phi) is 2.83. The first-order valence-electron chi connectivity index (χ1n) is 5.89. The van der Waals surface area contributed by atoms with Crippen LogP contribution in [-0.2, 0) is 0 Å². The summed E-state index contributed by atoms with van der Waals surface area (Å²) in [4.78, 5) is 4.40. The minimum atomic E-state index is 0.340. The monoisotopic (exact) mass is 246 g/mol. The number of pyridine rings is 1. The summed E-state index contributed by atoms with van der Waals surface area (Å²) in [5.41, 5.74) is 1.25. The van der Waals surface area contributed by atoms with Crippen LogP contribution in [0.4, 0.5) is 0 Å². The number of hydrogen-bond acceptors (Lipinski definition) is 3. The van der Waals surface area contributed by atoms with Gasteiger partial charge >= 0.3 is 0 Å². The zero-order chi connectivity index (χ0) is 13.1. The molecule has 1 aromatic heterocycles. The topological polar surface area (TPSA) is 45.9 Å². The summed E-state index contributed by atoms with van der Waals surface area (Å²) in [5.74, 6) is 1.01. The van der Waals surface area contributed by atoms with Crippen molar-refractivity contribution in [3.63, 3.8) is 0 Å². The smallest absolute Gasteiger partial charge is 0.237 e. The Labute approximate surface area is 110 Å². The first-order valence-corrected chi connectivity index (χ1v) is 5.89.